The first-order valence-corrected chi connectivity index (χ1v) is 8.15. The van der Waals surface area contributed by atoms with Crippen molar-refractivity contribution in [2.75, 3.05) is 18.2 Å². The lowest BCUT2D eigenvalue weighted by Gasteiger charge is -2.10. The average Bonchev–Trinajstić information content (AvgIpc) is 2.96. The number of nitrogens with one attached hydrogen (secondary N) is 1. The summed E-state index contributed by atoms with van der Waals surface area (Å²) in [4.78, 5) is 16.5. The van der Waals surface area contributed by atoms with Crippen molar-refractivity contribution in [3.63, 3.8) is 0 Å². The van der Waals surface area contributed by atoms with E-state index in [9.17, 15) is 4.79 Å². The highest BCUT2D eigenvalue weighted by Gasteiger charge is 2.10. The van der Waals surface area contributed by atoms with E-state index >= 15 is 0 Å². The van der Waals surface area contributed by atoms with Gasteiger partial charge in [-0.05, 0) is 36.8 Å². The number of benzene rings is 1. The predicted octanol–water partition coefficient (Wildman–Crippen LogP) is 3.38. The monoisotopic (exact) mass is 327 g/mol. The fraction of sp³-hybridized carbons (Fsp3) is 0.176. The molecule has 3 rings (SSSR count). The Hall–Kier alpha value is -2.47. The number of carbonyl (C=O) groups is 1. The third-order valence-electron chi connectivity index (χ3n) is 3.37. The first-order chi connectivity index (χ1) is 11.2. The molecule has 0 atom stereocenters. The highest BCUT2D eigenvalue weighted by atomic mass is 32.2. The van der Waals surface area contributed by atoms with E-state index in [1.54, 1.807) is 13.3 Å². The first-order valence-electron chi connectivity index (χ1n) is 7.17. The van der Waals surface area contributed by atoms with Crippen molar-refractivity contribution in [3.8, 4) is 5.75 Å². The van der Waals surface area contributed by atoms with Gasteiger partial charge >= 0.3 is 0 Å². The van der Waals surface area contributed by atoms with E-state index in [0.717, 1.165) is 16.2 Å². The van der Waals surface area contributed by atoms with Crippen LogP contribution in [0.15, 0.2) is 53.9 Å². The molecule has 0 aliphatic rings. The number of rotatable bonds is 5. The Morgan fingerprint density at radius 3 is 3.04 bits per heavy atom. The fourth-order valence-corrected chi connectivity index (χ4v) is 3.03. The number of aromatic nitrogens is 2. The summed E-state index contributed by atoms with van der Waals surface area (Å²) >= 11 is 1.40. The Kier molecular flexibility index (Phi) is 4.52. The predicted molar refractivity (Wildman–Crippen MR) is 92.3 cm³/mol. The minimum atomic E-state index is -0.0911. The van der Waals surface area contributed by atoms with Crippen LogP contribution in [0, 0.1) is 6.92 Å². The number of pyridine rings is 1. The molecule has 2 heterocycles. The van der Waals surface area contributed by atoms with Crippen LogP contribution in [0.4, 0.5) is 5.69 Å². The van der Waals surface area contributed by atoms with Crippen LogP contribution in [-0.4, -0.2) is 28.2 Å². The Morgan fingerprint density at radius 1 is 1.35 bits per heavy atom. The molecule has 5 nitrogen and oxygen atoms in total. The van der Waals surface area contributed by atoms with E-state index in [0.29, 0.717) is 11.4 Å². The highest BCUT2D eigenvalue weighted by Crippen LogP contribution is 2.26. The van der Waals surface area contributed by atoms with Gasteiger partial charge in [0.05, 0.1) is 30.3 Å². The average molecular weight is 327 g/mol. The first kappa shape index (κ1) is 15.4. The van der Waals surface area contributed by atoms with E-state index in [2.05, 4.69) is 10.3 Å². The zero-order valence-electron chi connectivity index (χ0n) is 12.9. The maximum atomic E-state index is 12.2. The molecule has 23 heavy (non-hydrogen) atoms. The van der Waals surface area contributed by atoms with Gasteiger partial charge in [-0.2, -0.15) is 0 Å². The van der Waals surface area contributed by atoms with E-state index in [1.807, 2.05) is 53.9 Å². The summed E-state index contributed by atoms with van der Waals surface area (Å²) in [5.41, 5.74) is 2.76. The lowest BCUT2D eigenvalue weighted by molar-refractivity contribution is -0.113. The van der Waals surface area contributed by atoms with E-state index in [4.69, 9.17) is 4.74 Å². The second-order valence-corrected chi connectivity index (χ2v) is 6.02. The molecule has 0 saturated carbocycles. The number of carbonyl (C=O) groups excluding carboxylic acids is 1. The molecule has 0 bridgehead atoms. The van der Waals surface area contributed by atoms with Crippen molar-refractivity contribution < 1.29 is 9.53 Å². The number of ether oxygens (including phenoxy) is 1. The number of thioether (sulfide) groups is 1. The highest BCUT2D eigenvalue weighted by molar-refractivity contribution is 7.99. The number of aryl methyl sites for hydroxylation is 1. The summed E-state index contributed by atoms with van der Waals surface area (Å²) in [6.45, 7) is 1.97. The molecule has 1 N–H and O–H groups in total. The standard InChI is InChI=1S/C17H17N3O2S/c1-12-6-7-15(22-2)14(9-12)19-16(21)11-23-17-18-10-13-5-3-4-8-20(13)17/h3-10H,11H2,1-2H3,(H,19,21). The molecule has 6 heteroatoms. The molecule has 3 aromatic rings. The zero-order chi connectivity index (χ0) is 16.2. The topological polar surface area (TPSA) is 55.6 Å². The van der Waals surface area contributed by atoms with E-state index in [1.165, 1.54) is 11.8 Å². The second kappa shape index (κ2) is 6.75. The molecule has 0 aliphatic carbocycles. The fourth-order valence-electron chi connectivity index (χ4n) is 2.26. The summed E-state index contributed by atoms with van der Waals surface area (Å²) in [6, 6.07) is 11.6. The Balaban J connectivity index is 1.67. The van der Waals surface area contributed by atoms with Crippen LogP contribution in [0.2, 0.25) is 0 Å². The van der Waals surface area contributed by atoms with Gasteiger partial charge in [0.15, 0.2) is 5.16 Å². The molecule has 2 aromatic heterocycles. The maximum absolute atomic E-state index is 12.2. The molecule has 0 spiro atoms. The summed E-state index contributed by atoms with van der Waals surface area (Å²) in [5, 5.41) is 3.69. The largest absolute Gasteiger partial charge is 0.495 e. The van der Waals surface area contributed by atoms with Gasteiger partial charge in [-0.25, -0.2) is 4.98 Å². The van der Waals surface area contributed by atoms with Gasteiger partial charge in [-0.3, -0.25) is 9.20 Å². The number of anilines is 1. The summed E-state index contributed by atoms with van der Waals surface area (Å²) in [6.07, 6.45) is 3.73. The van der Waals surface area contributed by atoms with Crippen molar-refractivity contribution in [2.45, 2.75) is 12.1 Å². The molecule has 0 aliphatic heterocycles. The van der Waals surface area contributed by atoms with Crippen LogP contribution in [0.3, 0.4) is 0 Å². The van der Waals surface area contributed by atoms with Crippen molar-refractivity contribution in [2.24, 2.45) is 0 Å². The van der Waals surface area contributed by atoms with Gasteiger partial charge in [0, 0.05) is 6.20 Å². The lowest BCUT2D eigenvalue weighted by Crippen LogP contribution is -2.15. The van der Waals surface area contributed by atoms with Crippen LogP contribution in [-0.2, 0) is 4.79 Å². The molecule has 1 amide bonds. The molecular weight excluding hydrogens is 310 g/mol. The van der Waals surface area contributed by atoms with Crippen LogP contribution in [0.25, 0.3) is 5.52 Å². The van der Waals surface area contributed by atoms with Gasteiger partial charge < -0.3 is 10.1 Å². The second-order valence-electron chi connectivity index (χ2n) is 5.08. The Labute approximate surface area is 138 Å². The quantitative estimate of drug-likeness (QED) is 0.730. The zero-order valence-corrected chi connectivity index (χ0v) is 13.8. The van der Waals surface area contributed by atoms with E-state index in [-0.39, 0.29) is 11.7 Å². The SMILES string of the molecule is COc1ccc(C)cc1NC(=O)CSc1ncc2ccccn12. The number of hydrogen-bond acceptors (Lipinski definition) is 4. The molecule has 0 saturated heterocycles. The van der Waals surface area contributed by atoms with E-state index < -0.39 is 0 Å². The molecule has 118 valence electrons. The molecule has 0 unspecified atom stereocenters. The van der Waals surface area contributed by atoms with Crippen LogP contribution in [0.1, 0.15) is 5.56 Å². The summed E-state index contributed by atoms with van der Waals surface area (Å²) in [5.74, 6) is 0.845. The van der Waals surface area contributed by atoms with Crippen molar-refractivity contribution in [1.82, 2.24) is 9.38 Å². The number of methoxy groups -OCH3 is 1. The van der Waals surface area contributed by atoms with Crippen molar-refractivity contribution in [1.29, 1.82) is 0 Å². The minimum absolute atomic E-state index is 0.0911. The van der Waals surface area contributed by atoms with Crippen LogP contribution >= 0.6 is 11.8 Å². The van der Waals surface area contributed by atoms with Crippen molar-refractivity contribution >= 4 is 28.9 Å². The Bertz CT molecular complexity index is 845. The molecule has 1 aromatic carbocycles. The van der Waals surface area contributed by atoms with Gasteiger partial charge in [-0.15, -0.1) is 0 Å². The molecule has 0 radical (unpaired) electrons. The number of fused-ring (bicyclic) bond motifs is 1. The summed E-state index contributed by atoms with van der Waals surface area (Å²) in [7, 11) is 1.59. The van der Waals surface area contributed by atoms with Gasteiger partial charge in [0.25, 0.3) is 0 Å². The number of nitrogens with zero attached hydrogens (tertiary/aromatic N) is 2. The van der Waals surface area contributed by atoms with Crippen molar-refractivity contribution in [3.05, 3.63) is 54.4 Å². The van der Waals surface area contributed by atoms with Gasteiger partial charge in [-0.1, -0.05) is 23.9 Å². The maximum Gasteiger partial charge on any atom is 0.234 e. The number of hydrogen-bond donors (Lipinski definition) is 1. The Morgan fingerprint density at radius 2 is 2.22 bits per heavy atom. The van der Waals surface area contributed by atoms with Crippen LogP contribution < -0.4 is 10.1 Å². The normalized spacial score (nSPS) is 10.7. The molecular formula is C17H17N3O2S. The van der Waals surface area contributed by atoms with Gasteiger partial charge in [0.1, 0.15) is 5.75 Å². The number of imidazole rings is 1. The smallest absolute Gasteiger partial charge is 0.234 e. The summed E-state index contributed by atoms with van der Waals surface area (Å²) < 4.78 is 7.23. The van der Waals surface area contributed by atoms with Gasteiger partial charge in [0.2, 0.25) is 5.91 Å². The lowest BCUT2D eigenvalue weighted by atomic mass is 10.2. The number of amides is 1. The minimum Gasteiger partial charge on any atom is -0.495 e. The van der Waals surface area contributed by atoms with Crippen LogP contribution in [0.5, 0.6) is 5.75 Å². The third-order valence-corrected chi connectivity index (χ3v) is 4.33. The third kappa shape index (κ3) is 3.48. The molecule has 0 fully saturated rings.